The van der Waals surface area contributed by atoms with Gasteiger partial charge in [-0.1, -0.05) is 48.0 Å². The van der Waals surface area contributed by atoms with Crippen LogP contribution in [0.5, 0.6) is 0 Å². The van der Waals surface area contributed by atoms with Crippen molar-refractivity contribution in [3.05, 3.63) is 92.8 Å². The molecule has 0 saturated carbocycles. The molecule has 1 atom stereocenters. The number of carbonyl (C=O) groups is 2. The molecule has 29 heavy (non-hydrogen) atoms. The molecule has 0 radical (unpaired) electrons. The maximum atomic E-state index is 12.7. The van der Waals surface area contributed by atoms with Crippen molar-refractivity contribution in [2.24, 2.45) is 0 Å². The van der Waals surface area contributed by atoms with Crippen LogP contribution in [0.3, 0.4) is 0 Å². The zero-order valence-corrected chi connectivity index (χ0v) is 17.3. The van der Waals surface area contributed by atoms with Gasteiger partial charge in [0.05, 0.1) is 9.75 Å². The topological polar surface area (TPSA) is 62.0 Å². The van der Waals surface area contributed by atoms with E-state index in [0.29, 0.717) is 21.3 Å². The van der Waals surface area contributed by atoms with Crippen molar-refractivity contribution in [1.82, 2.24) is 10.3 Å². The Bertz CT molecular complexity index is 1190. The van der Waals surface area contributed by atoms with Gasteiger partial charge in [-0.2, -0.15) is 0 Å². The predicted molar refractivity (Wildman–Crippen MR) is 118 cm³/mol. The summed E-state index contributed by atoms with van der Waals surface area (Å²) in [4.78, 5) is 28.6. The molecule has 0 spiro atoms. The number of para-hydroxylation sites is 1. The third kappa shape index (κ3) is 3.97. The van der Waals surface area contributed by atoms with Gasteiger partial charge < -0.3 is 10.3 Å². The van der Waals surface area contributed by atoms with E-state index < -0.39 is 0 Å². The van der Waals surface area contributed by atoms with E-state index >= 15 is 0 Å². The van der Waals surface area contributed by atoms with Gasteiger partial charge in [-0.15, -0.1) is 11.3 Å². The molecule has 2 aromatic carbocycles. The molecule has 0 bridgehead atoms. The molecule has 0 saturated heterocycles. The van der Waals surface area contributed by atoms with Crippen molar-refractivity contribution in [3.63, 3.8) is 0 Å². The number of fused-ring (bicyclic) bond motifs is 1. The fourth-order valence-electron chi connectivity index (χ4n) is 3.46. The Morgan fingerprint density at radius 2 is 1.72 bits per heavy atom. The Balaban J connectivity index is 1.65. The van der Waals surface area contributed by atoms with Crippen LogP contribution in [0.2, 0.25) is 5.02 Å². The van der Waals surface area contributed by atoms with Gasteiger partial charge in [-0.3, -0.25) is 9.59 Å². The smallest absolute Gasteiger partial charge is 0.261 e. The first-order valence-electron chi connectivity index (χ1n) is 9.24. The molecule has 4 nitrogen and oxygen atoms in total. The fraction of sp³-hybridized carbons (Fsp3) is 0.130. The number of halogens is 1. The minimum Gasteiger partial charge on any atom is -0.361 e. The predicted octanol–water partition coefficient (Wildman–Crippen LogP) is 5.65. The lowest BCUT2D eigenvalue weighted by Gasteiger charge is -2.19. The number of hydrogen-bond acceptors (Lipinski definition) is 3. The number of nitrogens with one attached hydrogen (secondary N) is 2. The lowest BCUT2D eigenvalue weighted by atomic mass is 9.90. The molecule has 1 amide bonds. The second-order valence-corrected chi connectivity index (χ2v) is 8.28. The first-order valence-corrected chi connectivity index (χ1v) is 10.4. The normalized spacial score (nSPS) is 12.1. The largest absolute Gasteiger partial charge is 0.361 e. The zero-order chi connectivity index (χ0) is 20.4. The lowest BCUT2D eigenvalue weighted by Crippen LogP contribution is -2.28. The van der Waals surface area contributed by atoms with Gasteiger partial charge in [0, 0.05) is 34.6 Å². The molecule has 1 unspecified atom stereocenters. The van der Waals surface area contributed by atoms with Crippen LogP contribution in [0.15, 0.2) is 66.9 Å². The van der Waals surface area contributed by atoms with Gasteiger partial charge in [0.2, 0.25) is 0 Å². The Morgan fingerprint density at radius 3 is 2.48 bits per heavy atom. The van der Waals surface area contributed by atoms with Crippen molar-refractivity contribution in [1.29, 1.82) is 0 Å². The standard InChI is InChI=1S/C23H19ClN2O2S/c1-14(27)21-10-11-22(29-21)23(28)26-13-17(15-6-2-4-8-19(15)24)18-12-25-20-9-5-3-7-16(18)20/h2-12,17,25H,13H2,1H3,(H,26,28). The number of benzene rings is 2. The highest BCUT2D eigenvalue weighted by atomic mass is 35.5. The minimum atomic E-state index is -0.195. The van der Waals surface area contributed by atoms with Crippen LogP contribution in [0.25, 0.3) is 10.9 Å². The molecule has 0 aliphatic heterocycles. The van der Waals surface area contributed by atoms with E-state index in [9.17, 15) is 9.59 Å². The van der Waals surface area contributed by atoms with Crippen molar-refractivity contribution < 1.29 is 9.59 Å². The maximum Gasteiger partial charge on any atom is 0.261 e. The highest BCUT2D eigenvalue weighted by Crippen LogP contribution is 2.34. The molecule has 146 valence electrons. The first-order chi connectivity index (χ1) is 14.0. The quantitative estimate of drug-likeness (QED) is 0.394. The Kier molecular flexibility index (Phi) is 5.51. The van der Waals surface area contributed by atoms with Crippen molar-refractivity contribution in [2.45, 2.75) is 12.8 Å². The van der Waals surface area contributed by atoms with Crippen LogP contribution in [0.4, 0.5) is 0 Å². The number of carbonyl (C=O) groups excluding carboxylic acids is 2. The summed E-state index contributed by atoms with van der Waals surface area (Å²) in [7, 11) is 0. The summed E-state index contributed by atoms with van der Waals surface area (Å²) in [6, 6.07) is 19.1. The number of rotatable bonds is 6. The maximum absolute atomic E-state index is 12.7. The molecule has 2 N–H and O–H groups in total. The number of aromatic nitrogens is 1. The van der Waals surface area contributed by atoms with E-state index in [-0.39, 0.29) is 17.6 Å². The van der Waals surface area contributed by atoms with Crippen molar-refractivity contribution in [3.8, 4) is 0 Å². The van der Waals surface area contributed by atoms with Gasteiger partial charge in [-0.25, -0.2) is 0 Å². The van der Waals surface area contributed by atoms with Crippen LogP contribution < -0.4 is 5.32 Å². The van der Waals surface area contributed by atoms with E-state index in [4.69, 9.17) is 11.6 Å². The molecular weight excluding hydrogens is 404 g/mol. The van der Waals surface area contributed by atoms with Crippen LogP contribution in [0.1, 0.15) is 43.3 Å². The molecule has 4 aromatic rings. The highest BCUT2D eigenvalue weighted by molar-refractivity contribution is 7.15. The summed E-state index contributed by atoms with van der Waals surface area (Å²) in [6.45, 7) is 1.88. The van der Waals surface area contributed by atoms with Crippen molar-refractivity contribution in [2.75, 3.05) is 6.54 Å². The molecular formula is C23H19ClN2O2S. The molecule has 2 heterocycles. The highest BCUT2D eigenvalue weighted by Gasteiger charge is 2.22. The third-order valence-electron chi connectivity index (χ3n) is 4.92. The van der Waals surface area contributed by atoms with Crippen LogP contribution in [-0.4, -0.2) is 23.2 Å². The van der Waals surface area contributed by atoms with Gasteiger partial charge >= 0.3 is 0 Å². The van der Waals surface area contributed by atoms with Crippen LogP contribution in [0, 0.1) is 0 Å². The second kappa shape index (κ2) is 8.23. The first kappa shape index (κ1) is 19.4. The number of ketones is 1. The van der Waals surface area contributed by atoms with E-state index in [0.717, 1.165) is 22.0 Å². The van der Waals surface area contributed by atoms with E-state index in [1.165, 1.54) is 18.3 Å². The number of H-pyrrole nitrogens is 1. The lowest BCUT2D eigenvalue weighted by molar-refractivity contribution is 0.0955. The SMILES string of the molecule is CC(=O)c1ccc(C(=O)NCC(c2ccccc2Cl)c2c[nH]c3ccccc23)s1. The van der Waals surface area contributed by atoms with Gasteiger partial charge in [0.1, 0.15) is 0 Å². The average Bonchev–Trinajstić information content (AvgIpc) is 3.37. The third-order valence-corrected chi connectivity index (χ3v) is 6.45. The number of aromatic amines is 1. The summed E-state index contributed by atoms with van der Waals surface area (Å²) >= 11 is 7.71. The number of hydrogen-bond donors (Lipinski definition) is 2. The molecule has 4 rings (SSSR count). The number of thiophene rings is 1. The van der Waals surface area contributed by atoms with E-state index in [1.807, 2.05) is 48.7 Å². The molecule has 6 heteroatoms. The Hall–Kier alpha value is -2.89. The van der Waals surface area contributed by atoms with Crippen LogP contribution in [-0.2, 0) is 0 Å². The van der Waals surface area contributed by atoms with E-state index in [2.05, 4.69) is 16.4 Å². The summed E-state index contributed by atoms with van der Waals surface area (Å²) in [5, 5.41) is 4.78. The Morgan fingerprint density at radius 1 is 1.00 bits per heavy atom. The van der Waals surface area contributed by atoms with Gasteiger partial charge in [0.15, 0.2) is 5.78 Å². The minimum absolute atomic E-state index is 0.0400. The molecule has 0 aliphatic carbocycles. The number of Topliss-reactive ketones (excluding diaryl/α,β-unsaturated/α-hetero) is 1. The molecule has 0 fully saturated rings. The number of amides is 1. The van der Waals surface area contributed by atoms with Gasteiger partial charge in [-0.05, 0) is 42.3 Å². The fourth-order valence-corrected chi connectivity index (χ4v) is 4.54. The summed E-state index contributed by atoms with van der Waals surface area (Å²) in [6.07, 6.45) is 1.98. The summed E-state index contributed by atoms with van der Waals surface area (Å²) < 4.78 is 0. The van der Waals surface area contributed by atoms with Crippen LogP contribution >= 0.6 is 22.9 Å². The Labute approximate surface area is 177 Å². The second-order valence-electron chi connectivity index (χ2n) is 6.79. The monoisotopic (exact) mass is 422 g/mol. The van der Waals surface area contributed by atoms with E-state index in [1.54, 1.807) is 12.1 Å². The molecule has 2 aromatic heterocycles. The van der Waals surface area contributed by atoms with Gasteiger partial charge in [0.25, 0.3) is 5.91 Å². The zero-order valence-electron chi connectivity index (χ0n) is 15.7. The average molecular weight is 423 g/mol. The van der Waals surface area contributed by atoms with Crippen molar-refractivity contribution >= 4 is 45.5 Å². The summed E-state index contributed by atoms with van der Waals surface area (Å²) in [5.74, 6) is -0.350. The summed E-state index contributed by atoms with van der Waals surface area (Å²) in [5.41, 5.74) is 3.06. The molecule has 0 aliphatic rings.